The van der Waals surface area contributed by atoms with Gasteiger partial charge in [-0.2, -0.15) is 4.98 Å². The summed E-state index contributed by atoms with van der Waals surface area (Å²) in [7, 11) is 1.41. The first-order valence-corrected chi connectivity index (χ1v) is 7.58. The van der Waals surface area contributed by atoms with Crippen molar-refractivity contribution in [3.63, 3.8) is 0 Å². The number of nitrogens with one attached hydrogen (secondary N) is 1. The highest BCUT2D eigenvalue weighted by molar-refractivity contribution is 14.1. The molecule has 0 spiro atoms. The molecule has 0 saturated heterocycles. The topological polar surface area (TPSA) is 64.1 Å². The smallest absolute Gasteiger partial charge is 0.331 e. The lowest BCUT2D eigenvalue weighted by molar-refractivity contribution is -0.147. The van der Waals surface area contributed by atoms with Gasteiger partial charge in [-0.15, -0.1) is 0 Å². The van der Waals surface area contributed by atoms with E-state index in [1.807, 2.05) is 0 Å². The van der Waals surface area contributed by atoms with E-state index >= 15 is 0 Å². The highest BCUT2D eigenvalue weighted by Gasteiger charge is 2.41. The molecule has 0 radical (unpaired) electrons. The summed E-state index contributed by atoms with van der Waals surface area (Å²) in [5.41, 5.74) is -0.690. The summed E-state index contributed by atoms with van der Waals surface area (Å²) >= 11 is 7.93. The van der Waals surface area contributed by atoms with Crippen LogP contribution < -0.4 is 5.32 Å². The van der Waals surface area contributed by atoms with Gasteiger partial charge in [0.2, 0.25) is 5.28 Å². The Balaban J connectivity index is 2.29. The van der Waals surface area contributed by atoms with E-state index in [9.17, 15) is 4.79 Å². The van der Waals surface area contributed by atoms with Gasteiger partial charge in [-0.3, -0.25) is 0 Å². The van der Waals surface area contributed by atoms with Crippen molar-refractivity contribution in [2.45, 2.75) is 37.6 Å². The van der Waals surface area contributed by atoms with Gasteiger partial charge in [0.1, 0.15) is 11.4 Å². The zero-order chi connectivity index (χ0) is 13.9. The van der Waals surface area contributed by atoms with Crippen LogP contribution in [0.4, 0.5) is 5.82 Å². The molecule has 0 aromatic carbocycles. The number of hydrogen-bond acceptors (Lipinski definition) is 5. The van der Waals surface area contributed by atoms with Crippen LogP contribution in [0.5, 0.6) is 0 Å². The maximum absolute atomic E-state index is 12.1. The third-order valence-corrected chi connectivity index (χ3v) is 4.33. The minimum atomic E-state index is -0.690. The fraction of sp³-hybridized carbons (Fsp3) is 0.583. The molecule has 0 aliphatic heterocycles. The molecule has 1 aliphatic carbocycles. The standard InChI is InChI=1S/C12H15ClIN3O2/c1-19-10(18)12(5-3-2-4-6-12)17-9-8(14)7-15-11(13)16-9/h7H,2-6H2,1H3,(H,15,16,17). The van der Waals surface area contributed by atoms with Crippen LogP contribution in [0, 0.1) is 3.57 Å². The summed E-state index contributed by atoms with van der Waals surface area (Å²) in [5, 5.41) is 3.40. The number of anilines is 1. The number of carbonyl (C=O) groups excluding carboxylic acids is 1. The third kappa shape index (κ3) is 3.28. The van der Waals surface area contributed by atoms with Gasteiger partial charge in [0, 0.05) is 6.20 Å². The summed E-state index contributed by atoms with van der Waals surface area (Å²) in [6.07, 6.45) is 6.26. The van der Waals surface area contributed by atoms with Gasteiger partial charge in [0.25, 0.3) is 0 Å². The molecule has 1 aliphatic rings. The van der Waals surface area contributed by atoms with Crippen molar-refractivity contribution in [3.05, 3.63) is 15.1 Å². The average Bonchev–Trinajstić information content (AvgIpc) is 2.43. The summed E-state index contributed by atoms with van der Waals surface area (Å²) in [6.45, 7) is 0. The minimum absolute atomic E-state index is 0.166. The van der Waals surface area contributed by atoms with E-state index < -0.39 is 5.54 Å². The number of aromatic nitrogens is 2. The first-order valence-electron chi connectivity index (χ1n) is 6.12. The van der Waals surface area contributed by atoms with Crippen LogP contribution in [0.15, 0.2) is 6.20 Å². The lowest BCUT2D eigenvalue weighted by atomic mass is 9.81. The molecule has 0 bridgehead atoms. The van der Waals surface area contributed by atoms with Crippen LogP contribution in [0.25, 0.3) is 0 Å². The molecule has 104 valence electrons. The first-order chi connectivity index (χ1) is 9.07. The van der Waals surface area contributed by atoms with Crippen LogP contribution in [0.1, 0.15) is 32.1 Å². The number of nitrogens with zero attached hydrogens (tertiary/aromatic N) is 2. The molecule has 0 amide bonds. The van der Waals surface area contributed by atoms with Crippen LogP contribution in [-0.4, -0.2) is 28.6 Å². The van der Waals surface area contributed by atoms with E-state index in [0.29, 0.717) is 5.82 Å². The fourth-order valence-electron chi connectivity index (χ4n) is 2.39. The highest BCUT2D eigenvalue weighted by atomic mass is 127. The van der Waals surface area contributed by atoms with Gasteiger partial charge in [0.05, 0.1) is 10.7 Å². The van der Waals surface area contributed by atoms with Crippen molar-refractivity contribution in [2.24, 2.45) is 0 Å². The van der Waals surface area contributed by atoms with E-state index in [0.717, 1.165) is 35.7 Å². The maximum atomic E-state index is 12.1. The first kappa shape index (κ1) is 14.8. The van der Waals surface area contributed by atoms with Gasteiger partial charge in [-0.25, -0.2) is 9.78 Å². The molecule has 5 nitrogen and oxygen atoms in total. The van der Waals surface area contributed by atoms with Crippen molar-refractivity contribution in [1.29, 1.82) is 0 Å². The normalized spacial score (nSPS) is 17.8. The molecule has 0 atom stereocenters. The van der Waals surface area contributed by atoms with Gasteiger partial charge >= 0.3 is 5.97 Å². The van der Waals surface area contributed by atoms with Crippen LogP contribution in [-0.2, 0) is 9.53 Å². The van der Waals surface area contributed by atoms with E-state index in [-0.39, 0.29) is 11.3 Å². The van der Waals surface area contributed by atoms with Crippen molar-refractivity contribution in [3.8, 4) is 0 Å². The maximum Gasteiger partial charge on any atom is 0.331 e. The predicted octanol–water partition coefficient (Wildman–Crippen LogP) is 3.02. The molecule has 1 aromatic heterocycles. The summed E-state index contributed by atoms with van der Waals surface area (Å²) in [6, 6.07) is 0. The van der Waals surface area contributed by atoms with Crippen LogP contribution >= 0.6 is 34.2 Å². The Bertz CT molecular complexity index is 478. The molecule has 7 heteroatoms. The number of halogens is 2. The Morgan fingerprint density at radius 3 is 2.79 bits per heavy atom. The van der Waals surface area contributed by atoms with Crippen molar-refractivity contribution >= 4 is 46.0 Å². The Hall–Kier alpha value is -0.630. The number of ether oxygens (including phenoxy) is 1. The number of carbonyl (C=O) groups is 1. The molecule has 0 unspecified atom stereocenters. The number of esters is 1. The third-order valence-electron chi connectivity index (χ3n) is 3.36. The Labute approximate surface area is 130 Å². The zero-order valence-corrected chi connectivity index (χ0v) is 13.5. The molecule has 1 saturated carbocycles. The van der Waals surface area contributed by atoms with E-state index in [1.54, 1.807) is 6.20 Å². The molecule has 19 heavy (non-hydrogen) atoms. The summed E-state index contributed by atoms with van der Waals surface area (Å²) in [5.74, 6) is 0.352. The second-order valence-corrected chi connectivity index (χ2v) is 6.10. The van der Waals surface area contributed by atoms with Crippen molar-refractivity contribution < 1.29 is 9.53 Å². The van der Waals surface area contributed by atoms with Gasteiger partial charge in [-0.05, 0) is 47.0 Å². The Morgan fingerprint density at radius 1 is 1.47 bits per heavy atom. The van der Waals surface area contributed by atoms with Gasteiger partial charge in [-0.1, -0.05) is 19.3 Å². The zero-order valence-electron chi connectivity index (χ0n) is 10.6. The largest absolute Gasteiger partial charge is 0.467 e. The van der Waals surface area contributed by atoms with E-state index in [1.165, 1.54) is 7.11 Å². The minimum Gasteiger partial charge on any atom is -0.467 e. The van der Waals surface area contributed by atoms with E-state index in [4.69, 9.17) is 16.3 Å². The molecular weight excluding hydrogens is 381 g/mol. The SMILES string of the molecule is COC(=O)C1(Nc2nc(Cl)ncc2I)CCCCC1. The second-order valence-electron chi connectivity index (χ2n) is 4.59. The van der Waals surface area contributed by atoms with Crippen molar-refractivity contribution in [2.75, 3.05) is 12.4 Å². The molecule has 1 N–H and O–H groups in total. The Morgan fingerprint density at radius 2 is 2.16 bits per heavy atom. The number of rotatable bonds is 3. The van der Waals surface area contributed by atoms with Crippen LogP contribution in [0.2, 0.25) is 5.28 Å². The van der Waals surface area contributed by atoms with Crippen molar-refractivity contribution in [1.82, 2.24) is 9.97 Å². The quantitative estimate of drug-likeness (QED) is 0.484. The lowest BCUT2D eigenvalue weighted by Gasteiger charge is -2.35. The van der Waals surface area contributed by atoms with Gasteiger partial charge in [0.15, 0.2) is 0 Å². The average molecular weight is 396 g/mol. The molecular formula is C12H15ClIN3O2. The monoisotopic (exact) mass is 395 g/mol. The molecule has 1 fully saturated rings. The van der Waals surface area contributed by atoms with E-state index in [2.05, 4.69) is 37.9 Å². The second kappa shape index (κ2) is 6.21. The lowest BCUT2D eigenvalue weighted by Crippen LogP contribution is -2.49. The fourth-order valence-corrected chi connectivity index (χ4v) is 2.92. The van der Waals surface area contributed by atoms with Gasteiger partial charge < -0.3 is 10.1 Å². The summed E-state index contributed by atoms with van der Waals surface area (Å²) in [4.78, 5) is 20.2. The molecule has 2 rings (SSSR count). The number of hydrogen-bond donors (Lipinski definition) is 1. The predicted molar refractivity (Wildman–Crippen MR) is 81.2 cm³/mol. The highest BCUT2D eigenvalue weighted by Crippen LogP contribution is 2.33. The summed E-state index contributed by atoms with van der Waals surface area (Å²) < 4.78 is 5.78. The number of methoxy groups -OCH3 is 1. The van der Waals surface area contributed by atoms with Crippen LogP contribution in [0.3, 0.4) is 0 Å². The molecule has 1 heterocycles. The molecule has 1 aromatic rings. The Kier molecular flexibility index (Phi) is 4.83.